The van der Waals surface area contributed by atoms with Crippen molar-refractivity contribution in [3.05, 3.63) is 0 Å². The van der Waals surface area contributed by atoms with Crippen molar-refractivity contribution in [3.63, 3.8) is 0 Å². The number of hydrogen-bond donors (Lipinski definition) is 0. The molecule has 10 heavy (non-hydrogen) atoms. The van der Waals surface area contributed by atoms with Crippen LogP contribution in [0.1, 0.15) is 20.8 Å². The first-order valence-corrected chi connectivity index (χ1v) is 3.93. The second-order valence-corrected chi connectivity index (χ2v) is 3.18. The van der Waals surface area contributed by atoms with Gasteiger partial charge in [-0.2, -0.15) is 0 Å². The molecule has 2 nitrogen and oxygen atoms in total. The lowest BCUT2D eigenvalue weighted by molar-refractivity contribution is -0.0157. The molecule has 0 aromatic heterocycles. The number of rotatable bonds is 0. The summed E-state index contributed by atoms with van der Waals surface area (Å²) in [6.45, 7) is 7.94. The van der Waals surface area contributed by atoms with Gasteiger partial charge in [-0.1, -0.05) is 6.92 Å². The van der Waals surface area contributed by atoms with Crippen molar-refractivity contribution < 1.29 is 9.47 Å². The molecule has 60 valence electrons. The van der Waals surface area contributed by atoms with E-state index in [2.05, 4.69) is 20.8 Å². The van der Waals surface area contributed by atoms with E-state index in [1.54, 1.807) is 0 Å². The Morgan fingerprint density at radius 2 is 1.30 bits per heavy atom. The van der Waals surface area contributed by atoms with Crippen molar-refractivity contribution in [2.75, 3.05) is 13.2 Å². The highest BCUT2D eigenvalue weighted by atomic mass is 16.5. The van der Waals surface area contributed by atoms with E-state index < -0.39 is 0 Å². The molecule has 0 spiro atoms. The van der Waals surface area contributed by atoms with Gasteiger partial charge in [0.05, 0.1) is 25.4 Å². The molecule has 0 bridgehead atoms. The molecule has 0 aliphatic carbocycles. The van der Waals surface area contributed by atoms with E-state index in [0.29, 0.717) is 5.92 Å². The summed E-state index contributed by atoms with van der Waals surface area (Å²) >= 11 is 0. The standard InChI is InChI=1S/C8H16O2/c1-6-4-9-7(2)8(3)10-5-6/h6-8H,4-5H2,1-3H3. The highest BCUT2D eigenvalue weighted by Crippen LogP contribution is 2.12. The molecule has 0 aromatic carbocycles. The lowest BCUT2D eigenvalue weighted by atomic mass is 10.2. The van der Waals surface area contributed by atoms with Crippen LogP contribution in [0.5, 0.6) is 0 Å². The maximum absolute atomic E-state index is 5.50. The third-order valence-corrected chi connectivity index (χ3v) is 1.95. The van der Waals surface area contributed by atoms with Crippen LogP contribution in [0, 0.1) is 5.92 Å². The van der Waals surface area contributed by atoms with Gasteiger partial charge in [-0.05, 0) is 13.8 Å². The Kier molecular flexibility index (Phi) is 2.69. The monoisotopic (exact) mass is 144 g/mol. The number of hydrogen-bond acceptors (Lipinski definition) is 2. The predicted octanol–water partition coefficient (Wildman–Crippen LogP) is 1.45. The molecular weight excluding hydrogens is 128 g/mol. The zero-order valence-electron chi connectivity index (χ0n) is 6.96. The maximum atomic E-state index is 5.50. The van der Waals surface area contributed by atoms with Crippen molar-refractivity contribution in [1.29, 1.82) is 0 Å². The molecule has 1 rings (SSSR count). The second kappa shape index (κ2) is 3.35. The fraction of sp³-hybridized carbons (Fsp3) is 1.00. The highest BCUT2D eigenvalue weighted by molar-refractivity contribution is 4.65. The summed E-state index contributed by atoms with van der Waals surface area (Å²) in [6.07, 6.45) is 0.509. The first-order valence-electron chi connectivity index (χ1n) is 3.93. The van der Waals surface area contributed by atoms with E-state index in [1.165, 1.54) is 0 Å². The van der Waals surface area contributed by atoms with Crippen LogP contribution >= 0.6 is 0 Å². The third kappa shape index (κ3) is 1.96. The Labute approximate surface area is 62.5 Å². The summed E-state index contributed by atoms with van der Waals surface area (Å²) in [5.74, 6) is 0.549. The van der Waals surface area contributed by atoms with Crippen LogP contribution in [0.15, 0.2) is 0 Å². The van der Waals surface area contributed by atoms with Crippen LogP contribution in [0.25, 0.3) is 0 Å². The summed E-state index contributed by atoms with van der Waals surface area (Å²) in [7, 11) is 0. The van der Waals surface area contributed by atoms with Gasteiger partial charge in [-0.3, -0.25) is 0 Å². The van der Waals surface area contributed by atoms with Gasteiger partial charge >= 0.3 is 0 Å². The van der Waals surface area contributed by atoms with Gasteiger partial charge in [0.15, 0.2) is 0 Å². The van der Waals surface area contributed by atoms with Gasteiger partial charge in [0.2, 0.25) is 0 Å². The molecule has 1 saturated heterocycles. The van der Waals surface area contributed by atoms with E-state index in [1.807, 2.05) is 0 Å². The molecule has 2 atom stereocenters. The van der Waals surface area contributed by atoms with Gasteiger partial charge in [0, 0.05) is 5.92 Å². The normalized spacial score (nSPS) is 42.9. The fourth-order valence-corrected chi connectivity index (χ4v) is 0.951. The molecule has 0 aromatic rings. The molecule has 0 N–H and O–H groups in total. The molecular formula is C8H16O2. The predicted molar refractivity (Wildman–Crippen MR) is 40.0 cm³/mol. The SMILES string of the molecule is CC1COC(C)C(C)OC1. The number of ether oxygens (including phenoxy) is 2. The maximum Gasteiger partial charge on any atom is 0.0806 e. The van der Waals surface area contributed by atoms with Crippen LogP contribution in [-0.4, -0.2) is 25.4 Å². The zero-order valence-corrected chi connectivity index (χ0v) is 6.96. The van der Waals surface area contributed by atoms with E-state index in [9.17, 15) is 0 Å². The average Bonchev–Trinajstić information content (AvgIpc) is 2.04. The van der Waals surface area contributed by atoms with E-state index in [0.717, 1.165) is 13.2 Å². The van der Waals surface area contributed by atoms with Gasteiger partial charge in [-0.15, -0.1) is 0 Å². The smallest absolute Gasteiger partial charge is 0.0806 e. The van der Waals surface area contributed by atoms with Gasteiger partial charge in [-0.25, -0.2) is 0 Å². The molecule has 1 fully saturated rings. The Bertz CT molecular complexity index is 91.4. The minimum atomic E-state index is 0.255. The molecule has 0 radical (unpaired) electrons. The molecule has 1 aliphatic rings. The highest BCUT2D eigenvalue weighted by Gasteiger charge is 2.19. The molecule has 0 amide bonds. The molecule has 2 unspecified atom stereocenters. The van der Waals surface area contributed by atoms with Crippen molar-refractivity contribution in [2.45, 2.75) is 33.0 Å². The summed E-state index contributed by atoms with van der Waals surface area (Å²) in [6, 6.07) is 0. The van der Waals surface area contributed by atoms with Crippen molar-refractivity contribution in [1.82, 2.24) is 0 Å². The van der Waals surface area contributed by atoms with E-state index in [-0.39, 0.29) is 12.2 Å². The van der Waals surface area contributed by atoms with Gasteiger partial charge < -0.3 is 9.47 Å². The largest absolute Gasteiger partial charge is 0.375 e. The molecule has 0 saturated carbocycles. The third-order valence-electron chi connectivity index (χ3n) is 1.95. The van der Waals surface area contributed by atoms with Crippen LogP contribution in [0.2, 0.25) is 0 Å². The Hall–Kier alpha value is -0.0800. The fourth-order valence-electron chi connectivity index (χ4n) is 0.951. The second-order valence-electron chi connectivity index (χ2n) is 3.18. The lowest BCUT2D eigenvalue weighted by Gasteiger charge is -2.15. The lowest BCUT2D eigenvalue weighted by Crippen LogP contribution is -2.23. The first kappa shape index (κ1) is 8.02. The van der Waals surface area contributed by atoms with E-state index in [4.69, 9.17) is 9.47 Å². The molecule has 2 heteroatoms. The Morgan fingerprint density at radius 1 is 0.900 bits per heavy atom. The average molecular weight is 144 g/mol. The van der Waals surface area contributed by atoms with Crippen molar-refractivity contribution in [3.8, 4) is 0 Å². The zero-order chi connectivity index (χ0) is 7.56. The summed E-state index contributed by atoms with van der Waals surface area (Å²) < 4.78 is 11.0. The Balaban J connectivity index is 2.38. The summed E-state index contributed by atoms with van der Waals surface area (Å²) in [4.78, 5) is 0. The van der Waals surface area contributed by atoms with Crippen LogP contribution in [0.4, 0.5) is 0 Å². The molecule has 1 aliphatic heterocycles. The van der Waals surface area contributed by atoms with E-state index >= 15 is 0 Å². The van der Waals surface area contributed by atoms with Crippen LogP contribution in [0.3, 0.4) is 0 Å². The topological polar surface area (TPSA) is 18.5 Å². The van der Waals surface area contributed by atoms with Gasteiger partial charge in [0.1, 0.15) is 0 Å². The van der Waals surface area contributed by atoms with Gasteiger partial charge in [0.25, 0.3) is 0 Å². The minimum absolute atomic E-state index is 0.255. The summed E-state index contributed by atoms with van der Waals surface area (Å²) in [5.41, 5.74) is 0. The van der Waals surface area contributed by atoms with Crippen LogP contribution < -0.4 is 0 Å². The Morgan fingerprint density at radius 3 is 1.70 bits per heavy atom. The van der Waals surface area contributed by atoms with Crippen molar-refractivity contribution >= 4 is 0 Å². The van der Waals surface area contributed by atoms with Crippen molar-refractivity contribution in [2.24, 2.45) is 5.92 Å². The quantitative estimate of drug-likeness (QED) is 0.512. The van der Waals surface area contributed by atoms with Crippen LogP contribution in [-0.2, 0) is 9.47 Å². The first-order chi connectivity index (χ1) is 4.70. The molecule has 1 heterocycles. The summed E-state index contributed by atoms with van der Waals surface area (Å²) in [5, 5.41) is 0. The minimum Gasteiger partial charge on any atom is -0.375 e.